The van der Waals surface area contributed by atoms with Crippen LogP contribution in [-0.2, 0) is 9.09 Å². The second kappa shape index (κ2) is 6.55. The molecule has 0 amide bonds. The van der Waals surface area contributed by atoms with E-state index in [0.717, 1.165) is 19.3 Å². The zero-order valence-electron chi connectivity index (χ0n) is 8.62. The zero-order valence-corrected chi connectivity index (χ0v) is 9.51. The monoisotopic (exact) mass is 209 g/mol. The van der Waals surface area contributed by atoms with Crippen molar-refractivity contribution in [1.29, 1.82) is 0 Å². The normalized spacial score (nSPS) is 18.2. The Kier molecular flexibility index (Phi) is 6.60. The fraction of sp³-hybridized carbons (Fsp3) is 1.00. The van der Waals surface area contributed by atoms with Crippen molar-refractivity contribution in [3.63, 3.8) is 0 Å². The van der Waals surface area contributed by atoms with Gasteiger partial charge in [0.2, 0.25) is 0 Å². The minimum Gasteiger partial charge on any atom is -0.312 e. The van der Waals surface area contributed by atoms with Crippen molar-refractivity contribution in [2.75, 3.05) is 6.61 Å². The van der Waals surface area contributed by atoms with E-state index < -0.39 is 7.75 Å². The molecule has 2 atom stereocenters. The molecule has 2 N–H and O–H groups in total. The molecule has 0 aliphatic rings. The summed E-state index contributed by atoms with van der Waals surface area (Å²) in [5, 5.41) is 2.55. The molecular weight excluding hydrogens is 189 g/mol. The van der Waals surface area contributed by atoms with Crippen molar-refractivity contribution in [2.45, 2.75) is 46.1 Å². The molecule has 0 saturated carbocycles. The Bertz CT molecular complexity index is 175. The van der Waals surface area contributed by atoms with E-state index in [-0.39, 0.29) is 6.04 Å². The fourth-order valence-electron chi connectivity index (χ4n) is 0.740. The summed E-state index contributed by atoms with van der Waals surface area (Å²) in [6.45, 7) is 6.15. The van der Waals surface area contributed by atoms with Crippen LogP contribution in [0.4, 0.5) is 0 Å². The van der Waals surface area contributed by atoms with Crippen molar-refractivity contribution < 1.29 is 14.0 Å². The number of rotatable bonds is 7. The van der Waals surface area contributed by atoms with Crippen LogP contribution in [0.5, 0.6) is 0 Å². The van der Waals surface area contributed by atoms with Gasteiger partial charge in [-0.3, -0.25) is 4.52 Å². The van der Waals surface area contributed by atoms with Gasteiger partial charge in [0, 0.05) is 6.04 Å². The molecule has 0 aliphatic heterocycles. The van der Waals surface area contributed by atoms with Gasteiger partial charge >= 0.3 is 7.75 Å². The summed E-state index contributed by atoms with van der Waals surface area (Å²) >= 11 is 0. The third-order valence-electron chi connectivity index (χ3n) is 1.76. The Morgan fingerprint density at radius 2 is 2.15 bits per heavy atom. The van der Waals surface area contributed by atoms with Gasteiger partial charge in [-0.2, -0.15) is 0 Å². The minimum absolute atomic E-state index is 0.0115. The molecule has 0 radical (unpaired) electrons. The molecule has 0 spiro atoms. The maximum atomic E-state index is 11.3. The van der Waals surface area contributed by atoms with Crippen molar-refractivity contribution in [1.82, 2.24) is 5.09 Å². The predicted molar refractivity (Wildman–Crippen MR) is 53.6 cm³/mol. The van der Waals surface area contributed by atoms with Gasteiger partial charge in [-0.25, -0.2) is 9.65 Å². The molecular formula is C8H20NO3P. The molecule has 0 fully saturated rings. The summed E-state index contributed by atoms with van der Waals surface area (Å²) in [4.78, 5) is 9.26. The number of nitrogens with one attached hydrogen (secondary N) is 1. The van der Waals surface area contributed by atoms with Gasteiger partial charge in [-0.15, -0.1) is 0 Å². The molecule has 0 aromatic carbocycles. The van der Waals surface area contributed by atoms with E-state index in [9.17, 15) is 9.46 Å². The van der Waals surface area contributed by atoms with E-state index in [4.69, 9.17) is 4.52 Å². The Labute approximate surface area is 80.3 Å². The molecule has 0 aromatic heterocycles. The molecule has 0 saturated heterocycles. The van der Waals surface area contributed by atoms with Gasteiger partial charge in [0.15, 0.2) is 0 Å². The summed E-state index contributed by atoms with van der Waals surface area (Å²) in [5.41, 5.74) is 0. The van der Waals surface area contributed by atoms with Crippen molar-refractivity contribution in [3.8, 4) is 0 Å². The molecule has 0 heterocycles. The van der Waals surface area contributed by atoms with Gasteiger partial charge in [-0.05, 0) is 19.8 Å². The van der Waals surface area contributed by atoms with E-state index in [1.54, 1.807) is 0 Å². The molecule has 0 aliphatic carbocycles. The molecule has 0 aromatic rings. The molecule has 4 nitrogen and oxygen atoms in total. The lowest BCUT2D eigenvalue weighted by atomic mass is 10.3. The Balaban J connectivity index is 3.73. The van der Waals surface area contributed by atoms with Crippen LogP contribution in [0.3, 0.4) is 0 Å². The van der Waals surface area contributed by atoms with E-state index in [1.165, 1.54) is 0 Å². The topological polar surface area (TPSA) is 58.6 Å². The van der Waals surface area contributed by atoms with Crippen molar-refractivity contribution in [3.05, 3.63) is 0 Å². The average Bonchev–Trinajstić information content (AvgIpc) is 2.03. The smallest absolute Gasteiger partial charge is 0.312 e. The lowest BCUT2D eigenvalue weighted by Gasteiger charge is -2.17. The minimum atomic E-state index is -3.54. The van der Waals surface area contributed by atoms with Gasteiger partial charge in [0.05, 0.1) is 6.61 Å². The van der Waals surface area contributed by atoms with Gasteiger partial charge < -0.3 is 4.89 Å². The Hall–Kier alpha value is 0.110. The highest BCUT2D eigenvalue weighted by Gasteiger charge is 2.20. The van der Waals surface area contributed by atoms with Crippen LogP contribution in [0.25, 0.3) is 0 Å². The van der Waals surface area contributed by atoms with Crippen LogP contribution in [0.1, 0.15) is 40.0 Å². The molecule has 5 heteroatoms. The van der Waals surface area contributed by atoms with Gasteiger partial charge in [0.25, 0.3) is 0 Å². The second-order valence-corrected chi connectivity index (χ2v) is 4.70. The van der Waals surface area contributed by atoms with Crippen molar-refractivity contribution in [2.24, 2.45) is 0 Å². The van der Waals surface area contributed by atoms with Crippen molar-refractivity contribution >= 4 is 7.75 Å². The van der Waals surface area contributed by atoms with Gasteiger partial charge in [0.1, 0.15) is 0 Å². The first-order valence-electron chi connectivity index (χ1n) is 4.77. The molecule has 0 rings (SSSR count). The summed E-state index contributed by atoms with van der Waals surface area (Å²) in [6.07, 6.45) is 2.58. The highest BCUT2D eigenvalue weighted by atomic mass is 31.2. The van der Waals surface area contributed by atoms with Crippen LogP contribution < -0.4 is 5.09 Å². The third-order valence-corrected chi connectivity index (χ3v) is 3.06. The highest BCUT2D eigenvalue weighted by Crippen LogP contribution is 2.37. The third kappa shape index (κ3) is 7.20. The molecule has 2 unspecified atom stereocenters. The van der Waals surface area contributed by atoms with Crippen LogP contribution in [0.15, 0.2) is 0 Å². The largest absolute Gasteiger partial charge is 0.403 e. The predicted octanol–water partition coefficient (Wildman–Crippen LogP) is 2.29. The first-order chi connectivity index (χ1) is 6.02. The molecule has 0 bridgehead atoms. The Morgan fingerprint density at radius 3 is 2.62 bits per heavy atom. The van der Waals surface area contributed by atoms with E-state index in [1.807, 2.05) is 20.8 Å². The number of unbranched alkanes of at least 4 members (excludes halogenated alkanes) is 1. The quantitative estimate of drug-likeness (QED) is 0.499. The lowest BCUT2D eigenvalue weighted by molar-refractivity contribution is 0.242. The first-order valence-corrected chi connectivity index (χ1v) is 6.34. The molecule has 13 heavy (non-hydrogen) atoms. The maximum absolute atomic E-state index is 11.3. The number of hydrogen-bond donors (Lipinski definition) is 2. The summed E-state index contributed by atoms with van der Waals surface area (Å²) < 4.78 is 16.1. The second-order valence-electron chi connectivity index (χ2n) is 3.15. The van der Waals surface area contributed by atoms with Crippen LogP contribution >= 0.6 is 7.75 Å². The Morgan fingerprint density at radius 1 is 1.54 bits per heavy atom. The van der Waals surface area contributed by atoms with E-state index >= 15 is 0 Å². The maximum Gasteiger partial charge on any atom is 0.403 e. The summed E-state index contributed by atoms with van der Waals surface area (Å²) in [6, 6.07) is 0.0115. The van der Waals surface area contributed by atoms with Crippen LogP contribution in [0, 0.1) is 0 Å². The SMILES string of the molecule is CCCCOP(=O)(O)NC(C)CC. The van der Waals surface area contributed by atoms with E-state index in [2.05, 4.69) is 5.09 Å². The first kappa shape index (κ1) is 13.1. The fourth-order valence-corrected chi connectivity index (χ4v) is 1.93. The summed E-state index contributed by atoms with van der Waals surface area (Å²) in [7, 11) is -3.54. The van der Waals surface area contributed by atoms with Gasteiger partial charge in [-0.1, -0.05) is 20.3 Å². The standard InChI is InChI=1S/C8H20NO3P/c1-4-6-7-12-13(10,11)9-8(3)5-2/h8H,4-7H2,1-3H3,(H2,9,10,11). The van der Waals surface area contributed by atoms with E-state index in [0.29, 0.717) is 6.61 Å². The number of hydrogen-bond acceptors (Lipinski definition) is 2. The summed E-state index contributed by atoms with van der Waals surface area (Å²) in [5.74, 6) is 0. The molecule has 80 valence electrons. The zero-order chi connectivity index (χ0) is 10.3. The highest BCUT2D eigenvalue weighted by molar-refractivity contribution is 7.50. The van der Waals surface area contributed by atoms with Crippen LogP contribution in [-0.4, -0.2) is 17.5 Å². The van der Waals surface area contributed by atoms with Crippen LogP contribution in [0.2, 0.25) is 0 Å². The lowest BCUT2D eigenvalue weighted by Crippen LogP contribution is -2.23. The average molecular weight is 209 g/mol.